The van der Waals surface area contributed by atoms with Gasteiger partial charge in [0.05, 0.1) is 19.4 Å². The predicted octanol–water partition coefficient (Wildman–Crippen LogP) is 2.06. The van der Waals surface area contributed by atoms with Gasteiger partial charge >= 0.3 is 5.97 Å². The van der Waals surface area contributed by atoms with Crippen molar-refractivity contribution < 1.29 is 14.3 Å². The molecule has 0 amide bonds. The highest BCUT2D eigenvalue weighted by molar-refractivity contribution is 5.77. The summed E-state index contributed by atoms with van der Waals surface area (Å²) in [4.78, 5) is 14.0. The van der Waals surface area contributed by atoms with E-state index in [0.717, 1.165) is 24.4 Å². The molecule has 0 saturated carbocycles. The van der Waals surface area contributed by atoms with Gasteiger partial charge < -0.3 is 19.7 Å². The molecule has 1 N–H and O–H groups in total. The van der Waals surface area contributed by atoms with Gasteiger partial charge in [-0.15, -0.1) is 0 Å². The number of nitrogens with one attached hydrogen (secondary N) is 1. The van der Waals surface area contributed by atoms with E-state index in [-0.39, 0.29) is 12.0 Å². The zero-order valence-corrected chi connectivity index (χ0v) is 13.4. The summed E-state index contributed by atoms with van der Waals surface area (Å²) < 4.78 is 10.5. The minimum absolute atomic E-state index is 0.215. The lowest BCUT2D eigenvalue weighted by atomic mass is 10.2. The fourth-order valence-electron chi connectivity index (χ4n) is 2.10. The Morgan fingerprint density at radius 2 is 2.05 bits per heavy atom. The second-order valence-corrected chi connectivity index (χ2v) is 4.81. The number of ether oxygens (including phenoxy) is 2. The van der Waals surface area contributed by atoms with Crippen LogP contribution in [-0.4, -0.2) is 45.9 Å². The number of esters is 1. The summed E-state index contributed by atoms with van der Waals surface area (Å²) in [6.45, 7) is 5.59. The van der Waals surface area contributed by atoms with Gasteiger partial charge in [-0.3, -0.25) is 4.79 Å². The van der Waals surface area contributed by atoms with Crippen LogP contribution in [0, 0.1) is 0 Å². The molecule has 0 saturated heterocycles. The van der Waals surface area contributed by atoms with E-state index in [9.17, 15) is 4.79 Å². The fourth-order valence-corrected chi connectivity index (χ4v) is 2.10. The van der Waals surface area contributed by atoms with Gasteiger partial charge in [0.2, 0.25) is 0 Å². The molecule has 21 heavy (non-hydrogen) atoms. The third-order valence-corrected chi connectivity index (χ3v) is 3.16. The van der Waals surface area contributed by atoms with Crippen molar-refractivity contribution in [2.45, 2.75) is 26.3 Å². The molecule has 1 atom stereocenters. The maximum Gasteiger partial charge on any atom is 0.324 e. The van der Waals surface area contributed by atoms with Crippen LogP contribution < -0.4 is 15.0 Å². The SMILES string of the molecule is CCCNC(CN(C)c1ccccc1OC)C(=O)OCC. The molecule has 1 unspecified atom stereocenters. The molecule has 1 rings (SSSR count). The summed E-state index contributed by atoms with van der Waals surface area (Å²) in [7, 11) is 3.59. The third-order valence-electron chi connectivity index (χ3n) is 3.16. The maximum absolute atomic E-state index is 12.0. The molecular weight excluding hydrogens is 268 g/mol. The van der Waals surface area contributed by atoms with E-state index in [0.29, 0.717) is 13.2 Å². The third kappa shape index (κ3) is 5.27. The predicted molar refractivity (Wildman–Crippen MR) is 85.0 cm³/mol. The lowest BCUT2D eigenvalue weighted by molar-refractivity contribution is -0.145. The molecule has 0 aliphatic heterocycles. The fraction of sp³-hybridized carbons (Fsp3) is 0.562. The van der Waals surface area contributed by atoms with E-state index >= 15 is 0 Å². The molecule has 0 spiro atoms. The molecule has 0 aliphatic carbocycles. The van der Waals surface area contributed by atoms with Crippen molar-refractivity contribution in [3.05, 3.63) is 24.3 Å². The second-order valence-electron chi connectivity index (χ2n) is 4.81. The van der Waals surface area contributed by atoms with Crippen LogP contribution in [-0.2, 0) is 9.53 Å². The molecule has 1 aromatic rings. The minimum Gasteiger partial charge on any atom is -0.495 e. The Morgan fingerprint density at radius 1 is 1.33 bits per heavy atom. The Hall–Kier alpha value is -1.75. The van der Waals surface area contributed by atoms with Crippen LogP contribution in [0.25, 0.3) is 0 Å². The first-order valence-electron chi connectivity index (χ1n) is 7.38. The highest BCUT2D eigenvalue weighted by atomic mass is 16.5. The molecule has 0 aliphatic rings. The Bertz CT molecular complexity index is 437. The minimum atomic E-state index is -0.347. The van der Waals surface area contributed by atoms with Crippen LogP contribution in [0.4, 0.5) is 5.69 Å². The Labute approximate surface area is 127 Å². The van der Waals surface area contributed by atoms with Crippen molar-refractivity contribution in [1.29, 1.82) is 0 Å². The Morgan fingerprint density at radius 3 is 2.67 bits per heavy atom. The molecule has 5 nitrogen and oxygen atoms in total. The van der Waals surface area contributed by atoms with Crippen LogP contribution in [0.2, 0.25) is 0 Å². The summed E-state index contributed by atoms with van der Waals surface area (Å²) in [5.41, 5.74) is 0.951. The van der Waals surface area contributed by atoms with E-state index in [1.54, 1.807) is 7.11 Å². The zero-order chi connectivity index (χ0) is 15.7. The molecule has 0 bridgehead atoms. The molecule has 0 radical (unpaired) electrons. The van der Waals surface area contributed by atoms with E-state index in [1.165, 1.54) is 0 Å². The van der Waals surface area contributed by atoms with Gasteiger partial charge in [0.15, 0.2) is 0 Å². The number of likely N-dealkylation sites (N-methyl/N-ethyl adjacent to an activating group) is 1. The van der Waals surface area contributed by atoms with Gasteiger partial charge in [0.1, 0.15) is 11.8 Å². The largest absolute Gasteiger partial charge is 0.495 e. The van der Waals surface area contributed by atoms with Crippen molar-refractivity contribution >= 4 is 11.7 Å². The summed E-state index contributed by atoms with van der Waals surface area (Å²) in [5.74, 6) is 0.575. The first-order chi connectivity index (χ1) is 10.1. The average molecular weight is 294 g/mol. The number of para-hydroxylation sites is 2. The Kier molecular flexibility index (Phi) is 7.61. The molecule has 5 heteroatoms. The summed E-state index contributed by atoms with van der Waals surface area (Å²) in [6.07, 6.45) is 0.967. The number of rotatable bonds is 9. The van der Waals surface area contributed by atoms with E-state index < -0.39 is 0 Å². The first-order valence-corrected chi connectivity index (χ1v) is 7.38. The van der Waals surface area contributed by atoms with Gasteiger partial charge in [-0.1, -0.05) is 19.1 Å². The number of hydrogen-bond acceptors (Lipinski definition) is 5. The molecular formula is C16H26N2O3. The molecule has 0 heterocycles. The molecule has 0 fully saturated rings. The van der Waals surface area contributed by atoms with Crippen LogP contribution in [0.3, 0.4) is 0 Å². The van der Waals surface area contributed by atoms with Crippen LogP contribution in [0.5, 0.6) is 5.75 Å². The number of carbonyl (C=O) groups is 1. The van der Waals surface area contributed by atoms with Gasteiger partial charge in [-0.25, -0.2) is 0 Å². The van der Waals surface area contributed by atoms with Gasteiger partial charge in [0, 0.05) is 13.6 Å². The quantitative estimate of drug-likeness (QED) is 0.707. The van der Waals surface area contributed by atoms with Crippen molar-refractivity contribution in [3.63, 3.8) is 0 Å². The maximum atomic E-state index is 12.0. The normalized spacial score (nSPS) is 11.8. The molecule has 118 valence electrons. The van der Waals surface area contributed by atoms with Gasteiger partial charge in [-0.05, 0) is 32.0 Å². The second kappa shape index (κ2) is 9.23. The van der Waals surface area contributed by atoms with Crippen molar-refractivity contribution in [2.24, 2.45) is 0 Å². The van der Waals surface area contributed by atoms with E-state index in [4.69, 9.17) is 9.47 Å². The molecule has 0 aromatic heterocycles. The number of benzene rings is 1. The van der Waals surface area contributed by atoms with E-state index in [1.807, 2.05) is 43.1 Å². The summed E-state index contributed by atoms with van der Waals surface area (Å²) in [6, 6.07) is 7.41. The highest BCUT2D eigenvalue weighted by Gasteiger charge is 2.22. The van der Waals surface area contributed by atoms with Crippen LogP contribution >= 0.6 is 0 Å². The van der Waals surface area contributed by atoms with Gasteiger partial charge in [0.25, 0.3) is 0 Å². The topological polar surface area (TPSA) is 50.8 Å². The molecule has 1 aromatic carbocycles. The lowest BCUT2D eigenvalue weighted by Crippen LogP contribution is -2.46. The smallest absolute Gasteiger partial charge is 0.324 e. The number of nitrogens with zero attached hydrogens (tertiary/aromatic N) is 1. The van der Waals surface area contributed by atoms with Crippen molar-refractivity contribution in [1.82, 2.24) is 5.32 Å². The number of carbonyl (C=O) groups excluding carboxylic acids is 1. The standard InChI is InChI=1S/C16H26N2O3/c1-5-11-17-13(16(19)21-6-2)12-18(3)14-9-7-8-10-15(14)20-4/h7-10,13,17H,5-6,11-12H2,1-4H3. The van der Waals surface area contributed by atoms with Crippen LogP contribution in [0.15, 0.2) is 24.3 Å². The zero-order valence-electron chi connectivity index (χ0n) is 13.4. The monoisotopic (exact) mass is 294 g/mol. The highest BCUT2D eigenvalue weighted by Crippen LogP contribution is 2.26. The average Bonchev–Trinajstić information content (AvgIpc) is 2.51. The van der Waals surface area contributed by atoms with Gasteiger partial charge in [-0.2, -0.15) is 0 Å². The first kappa shape index (κ1) is 17.3. The van der Waals surface area contributed by atoms with Crippen LogP contribution in [0.1, 0.15) is 20.3 Å². The number of anilines is 1. The lowest BCUT2D eigenvalue weighted by Gasteiger charge is -2.26. The summed E-state index contributed by atoms with van der Waals surface area (Å²) in [5, 5.41) is 3.24. The van der Waals surface area contributed by atoms with E-state index in [2.05, 4.69) is 12.2 Å². The van der Waals surface area contributed by atoms with Crippen molar-refractivity contribution in [3.8, 4) is 5.75 Å². The Balaban J connectivity index is 2.78. The number of methoxy groups -OCH3 is 1. The summed E-state index contributed by atoms with van der Waals surface area (Å²) >= 11 is 0. The van der Waals surface area contributed by atoms with Crippen molar-refractivity contribution in [2.75, 3.05) is 38.8 Å². The number of hydrogen-bond donors (Lipinski definition) is 1.